The second kappa shape index (κ2) is 8.29. The Morgan fingerprint density at radius 3 is 2.76 bits per heavy atom. The van der Waals surface area contributed by atoms with Crippen LogP contribution in [-0.2, 0) is 16.1 Å². The molecule has 0 aliphatic heterocycles. The maximum Gasteiger partial charge on any atom is 0.331 e. The third-order valence-corrected chi connectivity index (χ3v) is 3.85. The number of esters is 1. The molecule has 0 radical (unpaired) electrons. The molecule has 2 rings (SSSR count). The number of benzene rings is 2. The molecule has 0 fully saturated rings. The minimum atomic E-state index is -0.652. The van der Waals surface area contributed by atoms with Gasteiger partial charge in [-0.1, -0.05) is 12.1 Å². The molecule has 0 heterocycles. The van der Waals surface area contributed by atoms with Crippen LogP contribution in [0.2, 0.25) is 0 Å². The van der Waals surface area contributed by atoms with Crippen molar-refractivity contribution < 1.29 is 24.3 Å². The summed E-state index contributed by atoms with van der Waals surface area (Å²) >= 11 is 3.18. The van der Waals surface area contributed by atoms with Gasteiger partial charge in [-0.3, -0.25) is 10.1 Å². The number of rotatable bonds is 6. The lowest BCUT2D eigenvalue weighted by molar-refractivity contribution is -0.385. The highest BCUT2D eigenvalue weighted by Crippen LogP contribution is 2.35. The molecule has 2 aromatic rings. The number of ether oxygens (including phenoxy) is 2. The monoisotopic (exact) mass is 407 g/mol. The van der Waals surface area contributed by atoms with Crippen LogP contribution in [0.4, 0.5) is 5.69 Å². The Morgan fingerprint density at radius 1 is 1.36 bits per heavy atom. The van der Waals surface area contributed by atoms with E-state index in [-0.39, 0.29) is 23.8 Å². The number of para-hydroxylation sites is 1. The second-order valence-corrected chi connectivity index (χ2v) is 5.73. The molecular formula is C17H14BrNO6. The van der Waals surface area contributed by atoms with Gasteiger partial charge in [-0.2, -0.15) is 0 Å². The van der Waals surface area contributed by atoms with Crippen LogP contribution in [0.3, 0.4) is 0 Å². The number of aromatic hydroxyl groups is 1. The Morgan fingerprint density at radius 2 is 2.08 bits per heavy atom. The highest BCUT2D eigenvalue weighted by Gasteiger charge is 2.13. The van der Waals surface area contributed by atoms with E-state index in [1.807, 2.05) is 0 Å². The number of carbonyl (C=O) groups is 1. The molecule has 2 aromatic carbocycles. The summed E-state index contributed by atoms with van der Waals surface area (Å²) in [5.74, 6) is -0.442. The fraction of sp³-hybridized carbons (Fsp3) is 0.118. The average Bonchev–Trinajstić information content (AvgIpc) is 2.60. The third-order valence-electron chi connectivity index (χ3n) is 3.24. The predicted octanol–water partition coefficient (Wildman–Crippen LogP) is 3.83. The van der Waals surface area contributed by atoms with E-state index in [0.29, 0.717) is 15.6 Å². The van der Waals surface area contributed by atoms with Gasteiger partial charge in [-0.05, 0) is 45.8 Å². The van der Waals surface area contributed by atoms with E-state index in [2.05, 4.69) is 15.9 Å². The first-order valence-corrected chi connectivity index (χ1v) is 7.85. The Bertz CT molecular complexity index is 834. The fourth-order valence-corrected chi connectivity index (χ4v) is 2.48. The van der Waals surface area contributed by atoms with Gasteiger partial charge in [0.2, 0.25) is 0 Å². The fourth-order valence-electron chi connectivity index (χ4n) is 2.02. The van der Waals surface area contributed by atoms with Crippen LogP contribution in [0.15, 0.2) is 46.9 Å². The number of hydrogen-bond acceptors (Lipinski definition) is 6. The number of nitrogens with zero attached hydrogens (tertiary/aromatic N) is 1. The SMILES string of the molecule is COc1cc(/C=C/C(=O)OCc2ccccc2[N+](=O)[O-])cc(Br)c1O. The number of phenolic OH excluding ortho intramolecular Hbond substituents is 1. The first-order valence-electron chi connectivity index (χ1n) is 7.06. The normalized spacial score (nSPS) is 10.6. The largest absolute Gasteiger partial charge is 0.503 e. The molecule has 130 valence electrons. The van der Waals surface area contributed by atoms with Crippen LogP contribution in [0.25, 0.3) is 6.08 Å². The highest BCUT2D eigenvalue weighted by atomic mass is 79.9. The first kappa shape index (κ1) is 18.5. The standard InChI is InChI=1S/C17H14BrNO6/c1-24-15-9-11(8-13(18)17(15)21)6-7-16(20)25-10-12-4-2-3-5-14(12)19(22)23/h2-9,21H,10H2,1H3/b7-6+. The number of methoxy groups -OCH3 is 1. The molecular weight excluding hydrogens is 394 g/mol. The smallest absolute Gasteiger partial charge is 0.331 e. The van der Waals surface area contributed by atoms with Crippen LogP contribution in [0.1, 0.15) is 11.1 Å². The Hall–Kier alpha value is -2.87. The van der Waals surface area contributed by atoms with Gasteiger partial charge in [0.15, 0.2) is 11.5 Å². The number of nitro benzene ring substituents is 1. The molecule has 0 aliphatic carbocycles. The first-order chi connectivity index (χ1) is 11.9. The molecule has 0 saturated carbocycles. The van der Waals surface area contributed by atoms with Gasteiger partial charge in [0.1, 0.15) is 6.61 Å². The molecule has 7 nitrogen and oxygen atoms in total. The minimum Gasteiger partial charge on any atom is -0.503 e. The third kappa shape index (κ3) is 4.80. The van der Waals surface area contributed by atoms with Gasteiger partial charge in [-0.25, -0.2) is 4.79 Å². The predicted molar refractivity (Wildman–Crippen MR) is 94.3 cm³/mol. The molecule has 0 spiro atoms. The Kier molecular flexibility index (Phi) is 6.13. The topological polar surface area (TPSA) is 98.9 Å². The van der Waals surface area contributed by atoms with Gasteiger partial charge in [0.05, 0.1) is 22.1 Å². The molecule has 1 N–H and O–H groups in total. The number of halogens is 1. The summed E-state index contributed by atoms with van der Waals surface area (Å²) < 4.78 is 10.5. The lowest BCUT2D eigenvalue weighted by Gasteiger charge is -2.06. The van der Waals surface area contributed by atoms with Gasteiger partial charge in [0.25, 0.3) is 5.69 Å². The van der Waals surface area contributed by atoms with Crippen molar-refractivity contribution >= 4 is 33.7 Å². The molecule has 0 amide bonds. The molecule has 0 bridgehead atoms. The summed E-state index contributed by atoms with van der Waals surface area (Å²) in [6.45, 7) is -0.205. The van der Waals surface area contributed by atoms with Crippen molar-refractivity contribution in [3.63, 3.8) is 0 Å². The van der Waals surface area contributed by atoms with Crippen molar-refractivity contribution in [1.29, 1.82) is 0 Å². The molecule has 0 unspecified atom stereocenters. The minimum absolute atomic E-state index is 0.0430. The number of carbonyl (C=O) groups excluding carboxylic acids is 1. The van der Waals surface area contributed by atoms with Crippen molar-refractivity contribution in [2.75, 3.05) is 7.11 Å². The van der Waals surface area contributed by atoms with Gasteiger partial charge in [-0.15, -0.1) is 0 Å². The highest BCUT2D eigenvalue weighted by molar-refractivity contribution is 9.10. The van der Waals surface area contributed by atoms with Crippen molar-refractivity contribution in [2.24, 2.45) is 0 Å². The summed E-state index contributed by atoms with van der Waals surface area (Å²) in [5.41, 5.74) is 0.805. The summed E-state index contributed by atoms with van der Waals surface area (Å²) in [6.07, 6.45) is 2.67. The lowest BCUT2D eigenvalue weighted by Crippen LogP contribution is -2.03. The maximum atomic E-state index is 11.8. The molecule has 8 heteroatoms. The van der Waals surface area contributed by atoms with Crippen molar-refractivity contribution in [3.05, 3.63) is 68.2 Å². The van der Waals surface area contributed by atoms with E-state index in [9.17, 15) is 20.0 Å². The Labute approximate surface area is 151 Å². The zero-order valence-corrected chi connectivity index (χ0v) is 14.7. The molecule has 0 aromatic heterocycles. The van der Waals surface area contributed by atoms with Crippen LogP contribution in [0.5, 0.6) is 11.5 Å². The van der Waals surface area contributed by atoms with Crippen molar-refractivity contribution in [1.82, 2.24) is 0 Å². The van der Waals surface area contributed by atoms with Gasteiger partial charge in [0, 0.05) is 12.1 Å². The number of phenols is 1. The molecule has 25 heavy (non-hydrogen) atoms. The van der Waals surface area contributed by atoms with Crippen molar-refractivity contribution in [2.45, 2.75) is 6.61 Å². The molecule has 0 aliphatic rings. The van der Waals surface area contributed by atoms with E-state index in [4.69, 9.17) is 9.47 Å². The van der Waals surface area contributed by atoms with E-state index in [1.165, 1.54) is 31.4 Å². The molecule has 0 atom stereocenters. The Balaban J connectivity index is 2.05. The quantitative estimate of drug-likeness (QED) is 0.338. The lowest BCUT2D eigenvalue weighted by atomic mass is 10.2. The van der Waals surface area contributed by atoms with Gasteiger partial charge < -0.3 is 14.6 Å². The average molecular weight is 408 g/mol. The van der Waals surface area contributed by atoms with Crippen LogP contribution in [0, 0.1) is 10.1 Å². The van der Waals surface area contributed by atoms with E-state index in [1.54, 1.807) is 24.3 Å². The van der Waals surface area contributed by atoms with Crippen LogP contribution < -0.4 is 4.74 Å². The maximum absolute atomic E-state index is 11.8. The van der Waals surface area contributed by atoms with E-state index >= 15 is 0 Å². The zero-order chi connectivity index (χ0) is 18.4. The summed E-state index contributed by atoms with van der Waals surface area (Å²) in [7, 11) is 1.41. The second-order valence-electron chi connectivity index (χ2n) is 4.88. The van der Waals surface area contributed by atoms with E-state index in [0.717, 1.165) is 0 Å². The van der Waals surface area contributed by atoms with Crippen molar-refractivity contribution in [3.8, 4) is 11.5 Å². The summed E-state index contributed by atoms with van der Waals surface area (Å²) in [5, 5.41) is 20.6. The van der Waals surface area contributed by atoms with Crippen LogP contribution in [-0.4, -0.2) is 23.1 Å². The molecule has 0 saturated heterocycles. The van der Waals surface area contributed by atoms with E-state index < -0.39 is 10.9 Å². The zero-order valence-electron chi connectivity index (χ0n) is 13.1. The summed E-state index contributed by atoms with van der Waals surface area (Å²) in [6, 6.07) is 9.19. The number of hydrogen-bond donors (Lipinski definition) is 1. The van der Waals surface area contributed by atoms with Crippen LogP contribution >= 0.6 is 15.9 Å². The summed E-state index contributed by atoms with van der Waals surface area (Å²) in [4.78, 5) is 22.2. The van der Waals surface area contributed by atoms with Gasteiger partial charge >= 0.3 is 5.97 Å². The number of nitro groups is 1.